The van der Waals surface area contributed by atoms with Gasteiger partial charge in [0.25, 0.3) is 0 Å². The smallest absolute Gasteiger partial charge is 0.239 e. The van der Waals surface area contributed by atoms with E-state index in [2.05, 4.69) is 0 Å². The highest BCUT2D eigenvalue weighted by Gasteiger charge is 2.50. The fourth-order valence-corrected chi connectivity index (χ4v) is 5.55. The van der Waals surface area contributed by atoms with Gasteiger partial charge in [0.05, 0.1) is 19.3 Å². The Morgan fingerprint density at radius 2 is 1.47 bits per heavy atom. The number of allylic oxidation sites excluding steroid dienone is 2. The zero-order valence-electron chi connectivity index (χ0n) is 26.4. The summed E-state index contributed by atoms with van der Waals surface area (Å²) in [6.45, 7) is 6.61. The molecule has 10 atom stereocenters. The highest BCUT2D eigenvalue weighted by molar-refractivity contribution is 5.91. The molecule has 5 rings (SSSR count). The number of benzene rings is 2. The van der Waals surface area contributed by atoms with Crippen molar-refractivity contribution in [1.29, 1.82) is 0 Å². The first-order chi connectivity index (χ1) is 22.2. The van der Waals surface area contributed by atoms with E-state index < -0.39 is 78.3 Å². The van der Waals surface area contributed by atoms with Crippen molar-refractivity contribution in [1.82, 2.24) is 0 Å². The molecule has 2 aliphatic heterocycles. The molecule has 0 spiro atoms. The summed E-state index contributed by atoms with van der Waals surface area (Å²) in [6.07, 6.45) is -13.0. The number of aliphatic hydroxyl groups is 5. The van der Waals surface area contributed by atoms with Gasteiger partial charge in [-0.25, -0.2) is 0 Å². The number of aromatic hydroxyl groups is 2. The van der Waals surface area contributed by atoms with Gasteiger partial charge in [0.15, 0.2) is 18.2 Å². The summed E-state index contributed by atoms with van der Waals surface area (Å²) < 4.78 is 34.9. The predicted octanol–water partition coefficient (Wildman–Crippen LogP) is 1.45. The fraction of sp³-hybridized carbons (Fsp3) is 0.485. The van der Waals surface area contributed by atoms with Crippen LogP contribution in [0.15, 0.2) is 51.2 Å². The molecule has 2 aromatic carbocycles. The van der Waals surface area contributed by atoms with E-state index in [1.54, 1.807) is 24.3 Å². The largest absolute Gasteiger partial charge is 0.507 e. The monoisotopic (exact) mass is 660 g/mol. The second-order valence-electron chi connectivity index (χ2n) is 12.0. The first kappa shape index (κ1) is 34.6. The highest BCUT2D eigenvalue weighted by Crippen LogP contribution is 2.41. The van der Waals surface area contributed by atoms with Gasteiger partial charge in [0.2, 0.25) is 17.5 Å². The molecule has 47 heavy (non-hydrogen) atoms. The maximum Gasteiger partial charge on any atom is 0.239 e. The molecular formula is C33H40O14. The average molecular weight is 661 g/mol. The molecule has 2 saturated heterocycles. The van der Waals surface area contributed by atoms with Crippen molar-refractivity contribution in [3.63, 3.8) is 0 Å². The molecule has 0 bridgehead atoms. The number of methoxy groups -OCH3 is 1. The molecule has 2 fully saturated rings. The minimum absolute atomic E-state index is 0.0929. The van der Waals surface area contributed by atoms with Crippen molar-refractivity contribution in [3.05, 3.63) is 57.8 Å². The summed E-state index contributed by atoms with van der Waals surface area (Å²) in [7, 11) is 1.48. The molecule has 7 N–H and O–H groups in total. The molecule has 0 unspecified atom stereocenters. The Labute approximate surface area is 269 Å². The van der Waals surface area contributed by atoms with E-state index in [1.165, 1.54) is 21.0 Å². The number of rotatable bonds is 8. The minimum atomic E-state index is -1.77. The molecule has 2 aliphatic rings. The Hall–Kier alpha value is -3.73. The van der Waals surface area contributed by atoms with Crippen LogP contribution >= 0.6 is 0 Å². The Morgan fingerprint density at radius 3 is 2.09 bits per heavy atom. The Kier molecular flexibility index (Phi) is 10.1. The number of phenols is 2. The van der Waals surface area contributed by atoms with Crippen LogP contribution in [0.3, 0.4) is 0 Å². The van der Waals surface area contributed by atoms with Crippen LogP contribution in [-0.2, 0) is 20.6 Å². The zero-order chi connectivity index (χ0) is 34.3. The Morgan fingerprint density at radius 1 is 0.851 bits per heavy atom. The summed E-state index contributed by atoms with van der Waals surface area (Å²) in [5.74, 6) is -0.987. The van der Waals surface area contributed by atoms with Gasteiger partial charge < -0.3 is 63.8 Å². The maximum absolute atomic E-state index is 14.2. The highest BCUT2D eigenvalue weighted by atomic mass is 16.8. The number of phenolic OH excluding ortho intramolecular Hbond substituents is 2. The van der Waals surface area contributed by atoms with Gasteiger partial charge in [-0.2, -0.15) is 0 Å². The number of aliphatic hydroxyl groups excluding tert-OH is 5. The normalized spacial score (nSPS) is 31.0. The Bertz CT molecular complexity index is 1660. The van der Waals surface area contributed by atoms with E-state index in [9.17, 15) is 40.5 Å². The molecule has 14 heteroatoms. The van der Waals surface area contributed by atoms with Crippen molar-refractivity contribution in [3.8, 4) is 34.3 Å². The Balaban J connectivity index is 1.65. The van der Waals surface area contributed by atoms with Gasteiger partial charge in [0.1, 0.15) is 58.7 Å². The molecule has 0 amide bonds. The van der Waals surface area contributed by atoms with Crippen LogP contribution in [0.2, 0.25) is 0 Å². The standard InChI is InChI=1S/C33H40O14/c1-13(2)6-11-18-19(34)12-20(35)21-24(38)30(28(45-29(18)21)16-7-9-17(42-5)10-8-16)46-33-31(26(40)23(37)15(4)44-33)47-32-27(41)25(39)22(36)14(3)43-32/h6-10,12,14-15,22-23,25-27,31-37,39-41H,11H2,1-5H3/t14-,15-,22+,23-,25-,26-,27-,31-,32+,33+/m1/s1. The first-order valence-electron chi connectivity index (χ1n) is 15.1. The van der Waals surface area contributed by atoms with Crippen molar-refractivity contribution >= 4 is 11.0 Å². The van der Waals surface area contributed by atoms with Gasteiger partial charge >= 0.3 is 0 Å². The summed E-state index contributed by atoms with van der Waals surface area (Å²) in [5.41, 5.74) is 0.546. The summed E-state index contributed by atoms with van der Waals surface area (Å²) in [5, 5.41) is 74.0. The van der Waals surface area contributed by atoms with Gasteiger partial charge in [-0.15, -0.1) is 0 Å². The van der Waals surface area contributed by atoms with Crippen molar-refractivity contribution in [2.24, 2.45) is 0 Å². The lowest BCUT2D eigenvalue weighted by Crippen LogP contribution is -2.63. The first-order valence-corrected chi connectivity index (χ1v) is 15.1. The van der Waals surface area contributed by atoms with Gasteiger partial charge in [0, 0.05) is 17.2 Å². The van der Waals surface area contributed by atoms with Crippen molar-refractivity contribution < 1.29 is 63.8 Å². The third-order valence-electron chi connectivity index (χ3n) is 8.37. The second-order valence-corrected chi connectivity index (χ2v) is 12.0. The lowest BCUT2D eigenvalue weighted by molar-refractivity contribution is -0.352. The van der Waals surface area contributed by atoms with Crippen LogP contribution in [0, 0.1) is 0 Å². The average Bonchev–Trinajstić information content (AvgIpc) is 3.03. The van der Waals surface area contributed by atoms with Crippen LogP contribution in [0.4, 0.5) is 0 Å². The van der Waals surface area contributed by atoms with E-state index in [-0.39, 0.29) is 34.5 Å². The molecular weight excluding hydrogens is 620 g/mol. The van der Waals surface area contributed by atoms with E-state index in [4.69, 9.17) is 28.1 Å². The fourth-order valence-electron chi connectivity index (χ4n) is 5.55. The van der Waals surface area contributed by atoms with Crippen LogP contribution in [-0.4, -0.2) is 104 Å². The summed E-state index contributed by atoms with van der Waals surface area (Å²) in [4.78, 5) is 14.2. The maximum atomic E-state index is 14.2. The van der Waals surface area contributed by atoms with E-state index >= 15 is 0 Å². The second kappa shape index (κ2) is 13.8. The SMILES string of the molecule is COc1ccc(-c2oc3c(CC=C(C)C)c(O)cc(O)c3c(=O)c2O[C@@H]2O[C@H](C)[C@@H](O)[C@@H](O)[C@H]2O[C@@H]2O[C@H](C)[C@H](O)[C@@H](O)[C@H]2O)cc1. The molecule has 1 aromatic heterocycles. The van der Waals surface area contributed by atoms with Crippen LogP contribution in [0.25, 0.3) is 22.3 Å². The number of ether oxygens (including phenoxy) is 5. The van der Waals surface area contributed by atoms with E-state index in [0.717, 1.165) is 11.6 Å². The topological polar surface area (TPSA) is 218 Å². The van der Waals surface area contributed by atoms with Crippen molar-refractivity contribution in [2.45, 2.75) is 95.5 Å². The zero-order valence-corrected chi connectivity index (χ0v) is 26.4. The minimum Gasteiger partial charge on any atom is -0.507 e. The molecule has 3 heterocycles. The predicted molar refractivity (Wildman–Crippen MR) is 165 cm³/mol. The van der Waals surface area contributed by atoms with E-state index in [0.29, 0.717) is 11.3 Å². The molecule has 14 nitrogen and oxygen atoms in total. The van der Waals surface area contributed by atoms with Gasteiger partial charge in [-0.1, -0.05) is 11.6 Å². The molecule has 256 valence electrons. The van der Waals surface area contributed by atoms with Crippen molar-refractivity contribution in [2.75, 3.05) is 7.11 Å². The van der Waals surface area contributed by atoms with Gasteiger partial charge in [-0.05, 0) is 58.4 Å². The molecule has 0 radical (unpaired) electrons. The lowest BCUT2D eigenvalue weighted by atomic mass is 9.98. The molecule has 0 saturated carbocycles. The summed E-state index contributed by atoms with van der Waals surface area (Å²) in [6, 6.07) is 7.43. The van der Waals surface area contributed by atoms with Crippen LogP contribution in [0.1, 0.15) is 33.3 Å². The van der Waals surface area contributed by atoms with Crippen LogP contribution < -0.4 is 14.9 Å². The summed E-state index contributed by atoms with van der Waals surface area (Å²) >= 11 is 0. The third kappa shape index (κ3) is 6.68. The third-order valence-corrected chi connectivity index (χ3v) is 8.37. The number of fused-ring (bicyclic) bond motifs is 1. The molecule has 3 aromatic rings. The molecule has 0 aliphatic carbocycles. The lowest BCUT2D eigenvalue weighted by Gasteiger charge is -2.45. The van der Waals surface area contributed by atoms with Gasteiger partial charge in [-0.3, -0.25) is 4.79 Å². The number of hydrogen-bond acceptors (Lipinski definition) is 14. The van der Waals surface area contributed by atoms with E-state index in [1.807, 2.05) is 19.9 Å². The quantitative estimate of drug-likeness (QED) is 0.170. The number of hydrogen-bond donors (Lipinski definition) is 7. The van der Waals surface area contributed by atoms with Crippen LogP contribution in [0.5, 0.6) is 23.0 Å².